The van der Waals surface area contributed by atoms with Crippen molar-refractivity contribution in [2.45, 2.75) is 39.3 Å². The van der Waals surface area contributed by atoms with Crippen molar-refractivity contribution in [3.8, 4) is 5.82 Å². The Bertz CT molecular complexity index is 847. The molecule has 3 aromatic heterocycles. The summed E-state index contributed by atoms with van der Waals surface area (Å²) in [7, 11) is 2.03. The third-order valence-electron chi connectivity index (χ3n) is 5.23. The fraction of sp³-hybridized carbons (Fsp3) is 0.421. The van der Waals surface area contributed by atoms with Crippen molar-refractivity contribution in [2.24, 2.45) is 7.05 Å². The first-order valence-electron chi connectivity index (χ1n) is 8.81. The minimum atomic E-state index is 0.460. The van der Waals surface area contributed by atoms with Gasteiger partial charge in [0.1, 0.15) is 12.1 Å². The summed E-state index contributed by atoms with van der Waals surface area (Å²) in [5, 5.41) is 4.61. The van der Waals surface area contributed by atoms with Crippen LogP contribution >= 0.6 is 0 Å². The molecule has 0 spiro atoms. The molecule has 0 saturated carbocycles. The zero-order valence-corrected chi connectivity index (χ0v) is 15.1. The first-order chi connectivity index (χ1) is 12.1. The maximum Gasteiger partial charge on any atom is 0.137 e. The minimum Gasteiger partial charge on any atom is -0.292 e. The molecule has 0 radical (unpaired) electrons. The van der Waals surface area contributed by atoms with E-state index in [4.69, 9.17) is 0 Å². The summed E-state index contributed by atoms with van der Waals surface area (Å²) in [6.45, 7) is 6.35. The molecule has 0 N–H and O–H groups in total. The van der Waals surface area contributed by atoms with Gasteiger partial charge in [-0.15, -0.1) is 0 Å². The predicted molar refractivity (Wildman–Crippen MR) is 96.4 cm³/mol. The average Bonchev–Trinajstić information content (AvgIpc) is 3.32. The van der Waals surface area contributed by atoms with Crippen molar-refractivity contribution in [2.75, 3.05) is 6.54 Å². The monoisotopic (exact) mass is 336 g/mol. The van der Waals surface area contributed by atoms with E-state index in [0.29, 0.717) is 6.04 Å². The van der Waals surface area contributed by atoms with Crippen LogP contribution in [-0.2, 0) is 13.6 Å². The Morgan fingerprint density at radius 3 is 2.76 bits per heavy atom. The van der Waals surface area contributed by atoms with Gasteiger partial charge in [0.2, 0.25) is 0 Å². The van der Waals surface area contributed by atoms with Crippen molar-refractivity contribution >= 4 is 0 Å². The molecule has 1 unspecified atom stereocenters. The van der Waals surface area contributed by atoms with Crippen LogP contribution in [0.4, 0.5) is 0 Å². The summed E-state index contributed by atoms with van der Waals surface area (Å²) < 4.78 is 3.92. The largest absolute Gasteiger partial charge is 0.292 e. The summed E-state index contributed by atoms with van der Waals surface area (Å²) in [6, 6.07) is 4.69. The van der Waals surface area contributed by atoms with E-state index in [1.165, 1.54) is 29.7 Å². The van der Waals surface area contributed by atoms with E-state index in [0.717, 1.165) is 24.6 Å². The molecule has 6 nitrogen and oxygen atoms in total. The fourth-order valence-electron chi connectivity index (χ4n) is 3.91. The summed E-state index contributed by atoms with van der Waals surface area (Å²) in [5.41, 5.74) is 5.09. The molecule has 1 saturated heterocycles. The van der Waals surface area contributed by atoms with Gasteiger partial charge in [0, 0.05) is 49.5 Å². The number of rotatable bonds is 4. The van der Waals surface area contributed by atoms with Gasteiger partial charge in [0.15, 0.2) is 0 Å². The zero-order chi connectivity index (χ0) is 17.4. The lowest BCUT2D eigenvalue weighted by molar-refractivity contribution is 0.247. The smallest absolute Gasteiger partial charge is 0.137 e. The molecule has 3 aromatic rings. The molecule has 0 bridgehead atoms. The topological polar surface area (TPSA) is 51.8 Å². The maximum absolute atomic E-state index is 4.61. The number of hydrogen-bond donors (Lipinski definition) is 0. The molecule has 0 aromatic carbocycles. The molecule has 1 fully saturated rings. The van der Waals surface area contributed by atoms with Crippen molar-refractivity contribution in [1.29, 1.82) is 0 Å². The Morgan fingerprint density at radius 1 is 1.24 bits per heavy atom. The van der Waals surface area contributed by atoms with Crippen LogP contribution in [0.5, 0.6) is 0 Å². The highest BCUT2D eigenvalue weighted by Crippen LogP contribution is 2.36. The van der Waals surface area contributed by atoms with Gasteiger partial charge in [0.25, 0.3) is 0 Å². The second kappa shape index (κ2) is 6.44. The molecule has 0 aliphatic carbocycles. The highest BCUT2D eigenvalue weighted by Gasteiger charge is 2.30. The van der Waals surface area contributed by atoms with E-state index in [9.17, 15) is 0 Å². The van der Waals surface area contributed by atoms with Gasteiger partial charge in [-0.3, -0.25) is 14.1 Å². The third-order valence-corrected chi connectivity index (χ3v) is 5.23. The molecule has 1 atom stereocenters. The van der Waals surface area contributed by atoms with E-state index in [2.05, 4.69) is 45.9 Å². The maximum atomic E-state index is 4.61. The zero-order valence-electron chi connectivity index (χ0n) is 15.1. The minimum absolute atomic E-state index is 0.460. The Hall–Kier alpha value is -2.47. The summed E-state index contributed by atoms with van der Waals surface area (Å²) in [6.07, 6.45) is 9.86. The van der Waals surface area contributed by atoms with E-state index in [1.807, 2.05) is 28.7 Å². The van der Waals surface area contributed by atoms with E-state index in [-0.39, 0.29) is 0 Å². The molecule has 0 amide bonds. The predicted octanol–water partition coefficient (Wildman–Crippen LogP) is 2.95. The van der Waals surface area contributed by atoms with Gasteiger partial charge < -0.3 is 0 Å². The van der Waals surface area contributed by atoms with Crippen LogP contribution in [0.15, 0.2) is 37.1 Å². The van der Waals surface area contributed by atoms with Crippen molar-refractivity contribution in [3.63, 3.8) is 0 Å². The molecule has 4 rings (SSSR count). The van der Waals surface area contributed by atoms with Crippen LogP contribution in [0.1, 0.15) is 41.4 Å². The van der Waals surface area contributed by atoms with E-state index >= 15 is 0 Å². The number of pyridine rings is 1. The molecule has 4 heterocycles. The van der Waals surface area contributed by atoms with Crippen LogP contribution in [0.25, 0.3) is 5.82 Å². The second-order valence-corrected chi connectivity index (χ2v) is 6.83. The molecule has 130 valence electrons. The lowest BCUT2D eigenvalue weighted by Gasteiger charge is -2.25. The number of aryl methyl sites for hydroxylation is 2. The summed E-state index contributed by atoms with van der Waals surface area (Å²) in [4.78, 5) is 11.2. The summed E-state index contributed by atoms with van der Waals surface area (Å²) >= 11 is 0. The Balaban J connectivity index is 1.53. The normalized spacial score (nSPS) is 18.1. The standard InChI is InChI=1S/C19H24N6/c1-14-19(15(2)23(3)22-14)17-5-4-9-24(17)12-16-6-7-18(21-11-16)25-10-8-20-13-25/h6-8,10-11,13,17H,4-5,9,12H2,1-3H3. The first-order valence-corrected chi connectivity index (χ1v) is 8.81. The molecule has 6 heteroatoms. The molecular formula is C19H24N6. The molecular weight excluding hydrogens is 312 g/mol. The second-order valence-electron chi connectivity index (χ2n) is 6.83. The number of nitrogens with zero attached hydrogens (tertiary/aromatic N) is 6. The van der Waals surface area contributed by atoms with Gasteiger partial charge >= 0.3 is 0 Å². The van der Waals surface area contributed by atoms with Gasteiger partial charge in [-0.1, -0.05) is 6.07 Å². The van der Waals surface area contributed by atoms with Crippen LogP contribution in [0, 0.1) is 13.8 Å². The van der Waals surface area contributed by atoms with Crippen LogP contribution in [0.3, 0.4) is 0 Å². The van der Waals surface area contributed by atoms with Crippen LogP contribution in [-0.4, -0.2) is 35.8 Å². The van der Waals surface area contributed by atoms with Gasteiger partial charge in [-0.2, -0.15) is 5.10 Å². The van der Waals surface area contributed by atoms with E-state index in [1.54, 1.807) is 12.5 Å². The molecule has 1 aliphatic rings. The van der Waals surface area contributed by atoms with Gasteiger partial charge in [0.05, 0.1) is 5.69 Å². The SMILES string of the molecule is Cc1nn(C)c(C)c1C1CCCN1Cc1ccc(-n2ccnc2)nc1. The van der Waals surface area contributed by atoms with Crippen molar-refractivity contribution in [3.05, 3.63) is 59.6 Å². The van der Waals surface area contributed by atoms with Crippen LogP contribution < -0.4 is 0 Å². The average molecular weight is 336 g/mol. The lowest BCUT2D eigenvalue weighted by atomic mass is 10.0. The Kier molecular flexibility index (Phi) is 4.13. The van der Waals surface area contributed by atoms with Crippen molar-refractivity contribution < 1.29 is 0 Å². The summed E-state index contributed by atoms with van der Waals surface area (Å²) in [5.74, 6) is 0.901. The Labute approximate surface area is 148 Å². The number of aromatic nitrogens is 5. The van der Waals surface area contributed by atoms with Crippen molar-refractivity contribution in [1.82, 2.24) is 29.2 Å². The third kappa shape index (κ3) is 2.98. The highest BCUT2D eigenvalue weighted by atomic mass is 15.3. The number of likely N-dealkylation sites (tertiary alicyclic amines) is 1. The molecule has 25 heavy (non-hydrogen) atoms. The number of hydrogen-bond acceptors (Lipinski definition) is 4. The van der Waals surface area contributed by atoms with E-state index < -0.39 is 0 Å². The lowest BCUT2D eigenvalue weighted by Crippen LogP contribution is -2.23. The Morgan fingerprint density at radius 2 is 2.12 bits per heavy atom. The van der Waals surface area contributed by atoms with Gasteiger partial charge in [-0.05, 0) is 44.9 Å². The highest BCUT2D eigenvalue weighted by molar-refractivity contribution is 5.30. The fourth-order valence-corrected chi connectivity index (χ4v) is 3.91. The number of imidazole rings is 1. The van der Waals surface area contributed by atoms with Crippen LogP contribution in [0.2, 0.25) is 0 Å². The quantitative estimate of drug-likeness (QED) is 0.735. The first kappa shape index (κ1) is 16.0. The van der Waals surface area contributed by atoms with Gasteiger partial charge in [-0.25, -0.2) is 9.97 Å². The molecule has 1 aliphatic heterocycles.